The monoisotopic (exact) mass is 519 g/mol. The summed E-state index contributed by atoms with van der Waals surface area (Å²) in [5, 5.41) is 16.0. The average Bonchev–Trinajstić information content (AvgIpc) is 2.83. The van der Waals surface area contributed by atoms with Gasteiger partial charge in [0, 0.05) is 29.3 Å². The van der Waals surface area contributed by atoms with Crippen LogP contribution in [0.15, 0.2) is 23.3 Å². The van der Waals surface area contributed by atoms with Gasteiger partial charge >= 0.3 is 6.03 Å². The van der Waals surface area contributed by atoms with Crippen molar-refractivity contribution in [1.82, 2.24) is 10.6 Å². The number of nitriles is 1. The molecule has 206 valence electrons. The van der Waals surface area contributed by atoms with E-state index in [4.69, 9.17) is 0 Å². The Kier molecular flexibility index (Phi) is 5.76. The highest BCUT2D eigenvalue weighted by molar-refractivity contribution is 6.04. The number of carbonyl (C=O) groups excluding carboxylic acids is 3. The van der Waals surface area contributed by atoms with Crippen LogP contribution in [0.2, 0.25) is 0 Å². The van der Waals surface area contributed by atoms with E-state index in [1.807, 2.05) is 26.0 Å². The summed E-state index contributed by atoms with van der Waals surface area (Å²) in [6.07, 6.45) is 10.1. The second-order valence-electron chi connectivity index (χ2n) is 15.1. The molecule has 0 saturated heterocycles. The summed E-state index contributed by atoms with van der Waals surface area (Å²) in [4.78, 5) is 40.3. The molecule has 0 radical (unpaired) electrons. The zero-order chi connectivity index (χ0) is 28.1. The van der Waals surface area contributed by atoms with Gasteiger partial charge < -0.3 is 10.6 Å². The molecule has 0 aromatic carbocycles. The molecule has 5 aliphatic carbocycles. The molecule has 0 bridgehead atoms. The molecule has 38 heavy (non-hydrogen) atoms. The number of rotatable bonds is 1. The summed E-state index contributed by atoms with van der Waals surface area (Å²) in [7, 11) is 1.65. The van der Waals surface area contributed by atoms with E-state index < -0.39 is 10.8 Å². The van der Waals surface area contributed by atoms with Gasteiger partial charge in [0.2, 0.25) is 0 Å². The van der Waals surface area contributed by atoms with Crippen LogP contribution in [0.3, 0.4) is 0 Å². The van der Waals surface area contributed by atoms with Gasteiger partial charge in [0.15, 0.2) is 11.6 Å². The van der Waals surface area contributed by atoms with Gasteiger partial charge in [0.1, 0.15) is 6.07 Å². The number of fused-ring (bicyclic) bond motifs is 7. The Balaban J connectivity index is 1.68. The fourth-order valence-corrected chi connectivity index (χ4v) is 10.1. The van der Waals surface area contributed by atoms with Crippen LogP contribution in [0, 0.1) is 56.2 Å². The first kappa shape index (κ1) is 27.2. The summed E-state index contributed by atoms with van der Waals surface area (Å²) < 4.78 is 0. The Morgan fingerprint density at radius 1 is 1.00 bits per heavy atom. The van der Waals surface area contributed by atoms with Crippen LogP contribution in [0.4, 0.5) is 4.79 Å². The smallest absolute Gasteiger partial charge is 0.314 e. The largest absolute Gasteiger partial charge is 0.341 e. The van der Waals surface area contributed by atoms with Crippen LogP contribution >= 0.6 is 0 Å². The quantitative estimate of drug-likeness (QED) is 0.451. The highest BCUT2D eigenvalue weighted by Gasteiger charge is 2.70. The predicted octanol–water partition coefficient (Wildman–Crippen LogP) is 5.89. The first-order valence-electron chi connectivity index (χ1n) is 14.5. The molecule has 6 nitrogen and oxygen atoms in total. The number of amides is 2. The summed E-state index contributed by atoms with van der Waals surface area (Å²) in [5.41, 5.74) is -0.657. The van der Waals surface area contributed by atoms with E-state index in [9.17, 15) is 19.6 Å². The lowest BCUT2D eigenvalue weighted by molar-refractivity contribution is -0.160. The van der Waals surface area contributed by atoms with Crippen molar-refractivity contribution in [3.63, 3.8) is 0 Å². The van der Waals surface area contributed by atoms with Crippen LogP contribution in [-0.4, -0.2) is 30.2 Å². The highest BCUT2D eigenvalue weighted by atomic mass is 16.2. The van der Waals surface area contributed by atoms with Crippen LogP contribution in [-0.2, 0) is 9.59 Å². The van der Waals surface area contributed by atoms with E-state index >= 15 is 0 Å². The minimum atomic E-state index is -0.663. The topological polar surface area (TPSA) is 99.1 Å². The van der Waals surface area contributed by atoms with Gasteiger partial charge in [-0.05, 0) is 79.1 Å². The van der Waals surface area contributed by atoms with Crippen LogP contribution in [0.1, 0.15) is 93.4 Å². The van der Waals surface area contributed by atoms with Gasteiger partial charge in [-0.2, -0.15) is 5.26 Å². The molecule has 6 heteroatoms. The van der Waals surface area contributed by atoms with Crippen LogP contribution < -0.4 is 10.6 Å². The molecule has 5 aliphatic rings. The van der Waals surface area contributed by atoms with E-state index in [1.54, 1.807) is 7.05 Å². The van der Waals surface area contributed by atoms with Crippen molar-refractivity contribution < 1.29 is 14.4 Å². The van der Waals surface area contributed by atoms with Gasteiger partial charge in [-0.15, -0.1) is 0 Å². The van der Waals surface area contributed by atoms with Crippen molar-refractivity contribution in [2.75, 3.05) is 7.05 Å². The summed E-state index contributed by atoms with van der Waals surface area (Å²) in [6.45, 7) is 15.4. The van der Waals surface area contributed by atoms with E-state index in [2.05, 4.69) is 51.3 Å². The molecular formula is C32H45N3O3. The Bertz CT molecular complexity index is 1220. The number of ketones is 2. The maximum atomic E-state index is 14.4. The zero-order valence-electron chi connectivity index (χ0n) is 24.5. The van der Waals surface area contributed by atoms with E-state index in [-0.39, 0.29) is 62.7 Å². The third kappa shape index (κ3) is 3.32. The lowest BCUT2D eigenvalue weighted by Gasteiger charge is -2.69. The van der Waals surface area contributed by atoms with Crippen molar-refractivity contribution in [1.29, 1.82) is 5.26 Å². The molecule has 0 aliphatic heterocycles. The molecule has 7 atom stereocenters. The van der Waals surface area contributed by atoms with Crippen molar-refractivity contribution in [3.8, 4) is 6.07 Å². The number of hydrogen-bond donors (Lipinski definition) is 2. The molecule has 0 unspecified atom stereocenters. The third-order valence-corrected chi connectivity index (χ3v) is 12.4. The van der Waals surface area contributed by atoms with E-state index in [0.717, 1.165) is 50.5 Å². The van der Waals surface area contributed by atoms with Gasteiger partial charge in [-0.3, -0.25) is 9.59 Å². The highest BCUT2D eigenvalue weighted by Crippen LogP contribution is 2.73. The SMILES string of the molecule is CNC(=O)N[C@]12CCC(C)(C)C[C@H]1[C@H]1C(=O)C=C3[C@@]4(C)C=C(C#N)C(=O)C(C)(C)[C@@H]4CC[C@@]3(C)[C@]1(C)CC2. The summed E-state index contributed by atoms with van der Waals surface area (Å²) in [6, 6.07) is 2.01. The Morgan fingerprint density at radius 3 is 2.29 bits per heavy atom. The van der Waals surface area contributed by atoms with Gasteiger partial charge in [-0.1, -0.05) is 60.1 Å². The number of urea groups is 1. The van der Waals surface area contributed by atoms with Crippen molar-refractivity contribution in [2.45, 2.75) is 99.0 Å². The predicted molar refractivity (Wildman–Crippen MR) is 147 cm³/mol. The van der Waals surface area contributed by atoms with E-state index in [1.165, 1.54) is 0 Å². The normalized spacial score (nSPS) is 44.7. The van der Waals surface area contributed by atoms with Crippen LogP contribution in [0.25, 0.3) is 0 Å². The summed E-state index contributed by atoms with van der Waals surface area (Å²) in [5.74, 6) is 0.00108. The second-order valence-corrected chi connectivity index (χ2v) is 15.1. The lowest BCUT2D eigenvalue weighted by Crippen LogP contribution is -2.70. The average molecular weight is 520 g/mol. The summed E-state index contributed by atoms with van der Waals surface area (Å²) >= 11 is 0. The molecular weight excluding hydrogens is 474 g/mol. The maximum Gasteiger partial charge on any atom is 0.314 e. The number of Topliss-reactive ketones (excluding diaryl/α,β-unsaturated/α-hetero) is 1. The standard InChI is InChI=1S/C32H45N3O3/c1-27(2)11-13-32(35-26(38)34-8)14-12-31(7)24(20(32)17-27)21(36)15-23-29(5)16-19(18-33)25(37)28(3,4)22(29)9-10-30(23,31)6/h15-16,20,22,24H,9-14,17H2,1-8H3,(H2,34,35,38)/t20-,22-,24-,29-,30+,31+,32-/m0/s1. The molecule has 2 amide bonds. The second kappa shape index (κ2) is 8.05. The lowest BCUT2D eigenvalue weighted by atomic mass is 9.35. The number of carbonyl (C=O) groups is 3. The molecule has 5 rings (SSSR count). The number of hydrogen-bond acceptors (Lipinski definition) is 4. The number of nitrogens with zero attached hydrogens (tertiary/aromatic N) is 1. The Morgan fingerprint density at radius 2 is 1.66 bits per heavy atom. The molecule has 0 aromatic heterocycles. The fourth-order valence-electron chi connectivity index (χ4n) is 10.1. The van der Waals surface area contributed by atoms with Gasteiger partial charge in [-0.25, -0.2) is 4.79 Å². The van der Waals surface area contributed by atoms with E-state index in [0.29, 0.717) is 0 Å². The van der Waals surface area contributed by atoms with Gasteiger partial charge in [0.05, 0.1) is 5.57 Å². The zero-order valence-corrected chi connectivity index (χ0v) is 24.5. The molecule has 3 fully saturated rings. The van der Waals surface area contributed by atoms with Crippen molar-refractivity contribution in [2.24, 2.45) is 44.8 Å². The number of allylic oxidation sites excluding steroid dienone is 4. The fraction of sp³-hybridized carbons (Fsp3) is 0.750. The molecule has 3 saturated carbocycles. The Labute approximate surface area is 228 Å². The van der Waals surface area contributed by atoms with Crippen molar-refractivity contribution >= 4 is 17.6 Å². The van der Waals surface area contributed by atoms with Gasteiger partial charge in [0.25, 0.3) is 0 Å². The first-order chi connectivity index (χ1) is 17.5. The minimum Gasteiger partial charge on any atom is -0.341 e. The van der Waals surface area contributed by atoms with Crippen LogP contribution in [0.5, 0.6) is 0 Å². The Hall–Kier alpha value is -2.42. The minimum absolute atomic E-state index is 0.0399. The maximum absolute atomic E-state index is 14.4. The molecule has 2 N–H and O–H groups in total. The molecule has 0 spiro atoms. The third-order valence-electron chi connectivity index (χ3n) is 12.4. The van der Waals surface area contributed by atoms with Crippen molar-refractivity contribution in [3.05, 3.63) is 23.3 Å². The molecule has 0 heterocycles. The first-order valence-corrected chi connectivity index (χ1v) is 14.5. The number of nitrogens with one attached hydrogen (secondary N) is 2. The molecule has 0 aromatic rings.